The summed E-state index contributed by atoms with van der Waals surface area (Å²) >= 11 is 0. The standard InChI is InChI=1S/C15H25NO/c1-6-11-16-14(15(3,4)17-5)13-9-7-12(2)8-10-13/h7-10,14,16H,6,11H2,1-5H3. The van der Waals surface area contributed by atoms with Crippen LogP contribution in [0.3, 0.4) is 0 Å². The highest BCUT2D eigenvalue weighted by Crippen LogP contribution is 2.28. The lowest BCUT2D eigenvalue weighted by atomic mass is 9.91. The fourth-order valence-electron chi connectivity index (χ4n) is 1.93. The summed E-state index contributed by atoms with van der Waals surface area (Å²) in [6.45, 7) is 9.55. The van der Waals surface area contributed by atoms with Crippen LogP contribution < -0.4 is 5.32 Å². The zero-order chi connectivity index (χ0) is 12.9. The highest BCUT2D eigenvalue weighted by atomic mass is 16.5. The molecule has 0 saturated heterocycles. The molecule has 0 amide bonds. The Balaban J connectivity index is 2.93. The summed E-state index contributed by atoms with van der Waals surface area (Å²) < 4.78 is 5.62. The average Bonchev–Trinajstić information content (AvgIpc) is 2.31. The largest absolute Gasteiger partial charge is 0.377 e. The molecule has 0 bridgehead atoms. The summed E-state index contributed by atoms with van der Waals surface area (Å²) in [6, 6.07) is 8.91. The molecule has 0 radical (unpaired) electrons. The first-order valence-corrected chi connectivity index (χ1v) is 6.36. The summed E-state index contributed by atoms with van der Waals surface area (Å²) in [5.74, 6) is 0. The van der Waals surface area contributed by atoms with Crippen LogP contribution in [0.1, 0.15) is 44.4 Å². The maximum Gasteiger partial charge on any atom is 0.0816 e. The van der Waals surface area contributed by atoms with Gasteiger partial charge in [0.2, 0.25) is 0 Å². The predicted molar refractivity (Wildman–Crippen MR) is 73.3 cm³/mol. The van der Waals surface area contributed by atoms with Crippen LogP contribution in [0.5, 0.6) is 0 Å². The number of ether oxygens (including phenoxy) is 1. The van der Waals surface area contributed by atoms with Gasteiger partial charge in [-0.05, 0) is 39.3 Å². The van der Waals surface area contributed by atoms with Crippen LogP contribution in [-0.4, -0.2) is 19.3 Å². The van der Waals surface area contributed by atoms with Crippen molar-refractivity contribution in [2.75, 3.05) is 13.7 Å². The molecule has 0 saturated carbocycles. The average molecular weight is 235 g/mol. The van der Waals surface area contributed by atoms with Gasteiger partial charge < -0.3 is 10.1 Å². The first kappa shape index (κ1) is 14.2. The van der Waals surface area contributed by atoms with E-state index in [1.54, 1.807) is 7.11 Å². The van der Waals surface area contributed by atoms with Crippen molar-refractivity contribution in [1.82, 2.24) is 5.32 Å². The molecule has 0 heterocycles. The van der Waals surface area contributed by atoms with E-state index in [2.05, 4.69) is 57.3 Å². The van der Waals surface area contributed by atoms with Gasteiger partial charge in [-0.15, -0.1) is 0 Å². The van der Waals surface area contributed by atoms with Crippen molar-refractivity contribution in [1.29, 1.82) is 0 Å². The topological polar surface area (TPSA) is 21.3 Å². The molecule has 1 aromatic rings. The van der Waals surface area contributed by atoms with Crippen LogP contribution in [0.4, 0.5) is 0 Å². The molecule has 17 heavy (non-hydrogen) atoms. The molecular weight excluding hydrogens is 210 g/mol. The Morgan fingerprint density at radius 3 is 2.29 bits per heavy atom. The Hall–Kier alpha value is -0.860. The molecule has 2 heteroatoms. The second-order valence-electron chi connectivity index (χ2n) is 5.11. The number of hydrogen-bond acceptors (Lipinski definition) is 2. The van der Waals surface area contributed by atoms with E-state index < -0.39 is 0 Å². The van der Waals surface area contributed by atoms with Crippen LogP contribution in [0.15, 0.2) is 24.3 Å². The van der Waals surface area contributed by atoms with Gasteiger partial charge >= 0.3 is 0 Å². The van der Waals surface area contributed by atoms with Crippen LogP contribution in [0.25, 0.3) is 0 Å². The SMILES string of the molecule is CCCNC(c1ccc(C)cc1)C(C)(C)OC. The Kier molecular flexibility index (Phi) is 5.16. The number of benzene rings is 1. The zero-order valence-electron chi connectivity index (χ0n) is 11.7. The van der Waals surface area contributed by atoms with Gasteiger partial charge in [0.05, 0.1) is 11.6 Å². The molecule has 1 unspecified atom stereocenters. The van der Waals surface area contributed by atoms with E-state index in [4.69, 9.17) is 4.74 Å². The minimum Gasteiger partial charge on any atom is -0.377 e. The van der Waals surface area contributed by atoms with Gasteiger partial charge in [-0.2, -0.15) is 0 Å². The lowest BCUT2D eigenvalue weighted by Crippen LogP contribution is -2.41. The van der Waals surface area contributed by atoms with Crippen molar-refractivity contribution in [3.63, 3.8) is 0 Å². The van der Waals surface area contributed by atoms with Gasteiger partial charge in [-0.25, -0.2) is 0 Å². The first-order valence-electron chi connectivity index (χ1n) is 6.36. The minimum atomic E-state index is -0.204. The Labute approximate surface area is 105 Å². The van der Waals surface area contributed by atoms with Crippen molar-refractivity contribution < 1.29 is 4.74 Å². The Morgan fingerprint density at radius 1 is 1.24 bits per heavy atom. The van der Waals surface area contributed by atoms with Crippen molar-refractivity contribution in [2.24, 2.45) is 0 Å². The number of nitrogens with one attached hydrogen (secondary N) is 1. The van der Waals surface area contributed by atoms with Crippen LogP contribution in [-0.2, 0) is 4.74 Å². The third-order valence-corrected chi connectivity index (χ3v) is 3.23. The number of methoxy groups -OCH3 is 1. The lowest BCUT2D eigenvalue weighted by molar-refractivity contribution is -0.0110. The molecule has 1 rings (SSSR count). The minimum absolute atomic E-state index is 0.204. The maximum absolute atomic E-state index is 5.62. The quantitative estimate of drug-likeness (QED) is 0.815. The zero-order valence-corrected chi connectivity index (χ0v) is 11.7. The molecular formula is C15H25NO. The van der Waals surface area contributed by atoms with Crippen molar-refractivity contribution in [2.45, 2.75) is 45.8 Å². The highest BCUT2D eigenvalue weighted by Gasteiger charge is 2.29. The number of aryl methyl sites for hydroxylation is 1. The van der Waals surface area contributed by atoms with E-state index in [-0.39, 0.29) is 11.6 Å². The molecule has 1 aromatic carbocycles. The van der Waals surface area contributed by atoms with Gasteiger partial charge in [0, 0.05) is 7.11 Å². The second-order valence-corrected chi connectivity index (χ2v) is 5.11. The third-order valence-electron chi connectivity index (χ3n) is 3.23. The Bertz CT molecular complexity index is 329. The maximum atomic E-state index is 5.62. The molecule has 1 atom stereocenters. The summed E-state index contributed by atoms with van der Waals surface area (Å²) in [4.78, 5) is 0. The molecule has 0 aliphatic carbocycles. The molecule has 0 fully saturated rings. The van der Waals surface area contributed by atoms with Gasteiger partial charge in [0.1, 0.15) is 0 Å². The lowest BCUT2D eigenvalue weighted by Gasteiger charge is -2.34. The molecule has 2 nitrogen and oxygen atoms in total. The fraction of sp³-hybridized carbons (Fsp3) is 0.600. The third kappa shape index (κ3) is 3.83. The van der Waals surface area contributed by atoms with Crippen LogP contribution in [0.2, 0.25) is 0 Å². The number of hydrogen-bond donors (Lipinski definition) is 1. The fourth-order valence-corrected chi connectivity index (χ4v) is 1.93. The van der Waals surface area contributed by atoms with E-state index in [1.165, 1.54) is 11.1 Å². The van der Waals surface area contributed by atoms with Gasteiger partial charge in [-0.1, -0.05) is 36.8 Å². The molecule has 0 aromatic heterocycles. The summed E-state index contributed by atoms with van der Waals surface area (Å²) in [6.07, 6.45) is 1.13. The van der Waals surface area contributed by atoms with E-state index in [9.17, 15) is 0 Å². The smallest absolute Gasteiger partial charge is 0.0816 e. The van der Waals surface area contributed by atoms with Crippen molar-refractivity contribution in [3.8, 4) is 0 Å². The molecule has 96 valence electrons. The van der Waals surface area contributed by atoms with E-state index in [0.29, 0.717) is 0 Å². The normalized spacial score (nSPS) is 13.7. The van der Waals surface area contributed by atoms with E-state index in [0.717, 1.165) is 13.0 Å². The molecule has 0 aliphatic rings. The second kappa shape index (κ2) is 6.18. The summed E-state index contributed by atoms with van der Waals surface area (Å²) in [7, 11) is 1.77. The van der Waals surface area contributed by atoms with Crippen LogP contribution in [0, 0.1) is 6.92 Å². The van der Waals surface area contributed by atoms with Crippen LogP contribution >= 0.6 is 0 Å². The van der Waals surface area contributed by atoms with E-state index in [1.807, 2.05) is 0 Å². The number of rotatable bonds is 6. The molecule has 0 spiro atoms. The van der Waals surface area contributed by atoms with Gasteiger partial charge in [0.15, 0.2) is 0 Å². The first-order chi connectivity index (χ1) is 8.01. The Morgan fingerprint density at radius 2 is 1.82 bits per heavy atom. The molecule has 0 aliphatic heterocycles. The monoisotopic (exact) mass is 235 g/mol. The molecule has 1 N–H and O–H groups in total. The van der Waals surface area contributed by atoms with Crippen molar-refractivity contribution >= 4 is 0 Å². The highest BCUT2D eigenvalue weighted by molar-refractivity contribution is 5.26. The predicted octanol–water partition coefficient (Wildman–Crippen LogP) is 3.46. The summed E-state index contributed by atoms with van der Waals surface area (Å²) in [5.41, 5.74) is 2.37. The van der Waals surface area contributed by atoms with Gasteiger partial charge in [-0.3, -0.25) is 0 Å². The van der Waals surface area contributed by atoms with Gasteiger partial charge in [0.25, 0.3) is 0 Å². The van der Waals surface area contributed by atoms with Crippen molar-refractivity contribution in [3.05, 3.63) is 35.4 Å². The summed E-state index contributed by atoms with van der Waals surface area (Å²) in [5, 5.41) is 3.57. The van der Waals surface area contributed by atoms with E-state index >= 15 is 0 Å².